The Labute approximate surface area is 91.2 Å². The standard InChI is InChI=1S/C13H18O2/c1-14-8-2-3-9-15-13-7-6-11-4-5-12(11)10-13/h6-7,10H,2-5,8-9H2,1H3. The third-order valence-corrected chi connectivity index (χ3v) is 2.85. The third-order valence-electron chi connectivity index (χ3n) is 2.85. The van der Waals surface area contributed by atoms with Crippen molar-refractivity contribution in [3.8, 4) is 5.75 Å². The Morgan fingerprint density at radius 1 is 1.07 bits per heavy atom. The molecule has 15 heavy (non-hydrogen) atoms. The molecule has 82 valence electrons. The molecule has 1 aromatic carbocycles. The molecule has 1 aromatic rings. The van der Waals surface area contributed by atoms with Crippen LogP contribution in [0.5, 0.6) is 5.75 Å². The fourth-order valence-corrected chi connectivity index (χ4v) is 1.80. The lowest BCUT2D eigenvalue weighted by molar-refractivity contribution is 0.184. The summed E-state index contributed by atoms with van der Waals surface area (Å²) in [6.45, 7) is 1.62. The van der Waals surface area contributed by atoms with Crippen LogP contribution >= 0.6 is 0 Å². The molecule has 2 nitrogen and oxygen atoms in total. The summed E-state index contributed by atoms with van der Waals surface area (Å²) in [6, 6.07) is 6.44. The summed E-state index contributed by atoms with van der Waals surface area (Å²) in [4.78, 5) is 0. The van der Waals surface area contributed by atoms with E-state index in [1.54, 1.807) is 7.11 Å². The van der Waals surface area contributed by atoms with Gasteiger partial charge in [-0.3, -0.25) is 0 Å². The van der Waals surface area contributed by atoms with Gasteiger partial charge in [0.05, 0.1) is 6.61 Å². The molecule has 0 radical (unpaired) electrons. The van der Waals surface area contributed by atoms with Gasteiger partial charge in [0.1, 0.15) is 5.75 Å². The van der Waals surface area contributed by atoms with Gasteiger partial charge in [-0.15, -0.1) is 0 Å². The molecule has 0 unspecified atom stereocenters. The van der Waals surface area contributed by atoms with Gasteiger partial charge in [0.15, 0.2) is 0 Å². The molecule has 0 atom stereocenters. The SMILES string of the molecule is COCCCCOc1ccc2c(c1)CC2. The number of unbranched alkanes of at least 4 members (excludes halogenated alkanes) is 1. The maximum atomic E-state index is 5.67. The predicted octanol–water partition coefficient (Wildman–Crippen LogP) is 2.59. The van der Waals surface area contributed by atoms with Crippen LogP contribution in [0.2, 0.25) is 0 Å². The first kappa shape index (κ1) is 10.5. The maximum Gasteiger partial charge on any atom is 0.119 e. The van der Waals surface area contributed by atoms with Crippen LogP contribution in [-0.4, -0.2) is 20.3 Å². The van der Waals surface area contributed by atoms with Crippen LogP contribution in [-0.2, 0) is 17.6 Å². The van der Waals surface area contributed by atoms with E-state index in [0.717, 1.165) is 31.8 Å². The normalized spacial score (nSPS) is 13.1. The zero-order valence-corrected chi connectivity index (χ0v) is 9.29. The van der Waals surface area contributed by atoms with Crippen LogP contribution in [0.4, 0.5) is 0 Å². The van der Waals surface area contributed by atoms with Crippen molar-refractivity contribution >= 4 is 0 Å². The largest absolute Gasteiger partial charge is 0.494 e. The average molecular weight is 206 g/mol. The molecule has 2 heteroatoms. The van der Waals surface area contributed by atoms with E-state index in [1.165, 1.54) is 24.0 Å². The summed E-state index contributed by atoms with van der Waals surface area (Å²) in [5, 5.41) is 0. The van der Waals surface area contributed by atoms with E-state index in [1.807, 2.05) is 0 Å². The molecule has 0 saturated carbocycles. The molecular weight excluding hydrogens is 188 g/mol. The highest BCUT2D eigenvalue weighted by molar-refractivity contribution is 5.41. The van der Waals surface area contributed by atoms with E-state index in [9.17, 15) is 0 Å². The fourth-order valence-electron chi connectivity index (χ4n) is 1.80. The molecule has 0 amide bonds. The van der Waals surface area contributed by atoms with E-state index >= 15 is 0 Å². The van der Waals surface area contributed by atoms with Crippen LogP contribution in [0.15, 0.2) is 18.2 Å². The smallest absolute Gasteiger partial charge is 0.119 e. The lowest BCUT2D eigenvalue weighted by Gasteiger charge is -2.19. The number of aryl methyl sites for hydroxylation is 2. The molecule has 0 fully saturated rings. The number of hydrogen-bond donors (Lipinski definition) is 0. The Hall–Kier alpha value is -1.02. The minimum absolute atomic E-state index is 0.794. The zero-order chi connectivity index (χ0) is 10.5. The second kappa shape index (κ2) is 5.17. The van der Waals surface area contributed by atoms with Crippen molar-refractivity contribution in [2.24, 2.45) is 0 Å². The maximum absolute atomic E-state index is 5.67. The van der Waals surface area contributed by atoms with Crippen molar-refractivity contribution in [2.45, 2.75) is 25.7 Å². The minimum atomic E-state index is 0.794. The predicted molar refractivity (Wildman–Crippen MR) is 60.5 cm³/mol. The van der Waals surface area contributed by atoms with Crippen LogP contribution in [0.25, 0.3) is 0 Å². The van der Waals surface area contributed by atoms with E-state index in [2.05, 4.69) is 18.2 Å². The number of ether oxygens (including phenoxy) is 2. The Kier molecular flexibility index (Phi) is 3.62. The summed E-state index contributed by atoms with van der Waals surface area (Å²) in [5.74, 6) is 1.02. The van der Waals surface area contributed by atoms with Gasteiger partial charge in [-0.1, -0.05) is 6.07 Å². The first-order valence-electron chi connectivity index (χ1n) is 5.63. The molecule has 0 bridgehead atoms. The average Bonchev–Trinajstić information content (AvgIpc) is 2.21. The van der Waals surface area contributed by atoms with Crippen molar-refractivity contribution in [3.63, 3.8) is 0 Å². The highest BCUT2D eigenvalue weighted by Gasteiger charge is 2.12. The summed E-state index contributed by atoms with van der Waals surface area (Å²) in [5.41, 5.74) is 2.95. The quantitative estimate of drug-likeness (QED) is 0.666. The zero-order valence-electron chi connectivity index (χ0n) is 9.29. The minimum Gasteiger partial charge on any atom is -0.494 e. The fraction of sp³-hybridized carbons (Fsp3) is 0.538. The molecule has 0 N–H and O–H groups in total. The second-order valence-corrected chi connectivity index (χ2v) is 3.98. The molecule has 0 spiro atoms. The van der Waals surface area contributed by atoms with Gasteiger partial charge < -0.3 is 9.47 Å². The van der Waals surface area contributed by atoms with Crippen LogP contribution < -0.4 is 4.74 Å². The van der Waals surface area contributed by atoms with E-state index in [0.29, 0.717) is 0 Å². The van der Waals surface area contributed by atoms with Gasteiger partial charge in [0, 0.05) is 13.7 Å². The van der Waals surface area contributed by atoms with Crippen LogP contribution in [0, 0.1) is 0 Å². The van der Waals surface area contributed by atoms with Crippen molar-refractivity contribution in [2.75, 3.05) is 20.3 Å². The molecule has 0 aliphatic heterocycles. The van der Waals surface area contributed by atoms with Crippen molar-refractivity contribution in [3.05, 3.63) is 29.3 Å². The Morgan fingerprint density at radius 3 is 2.53 bits per heavy atom. The molecule has 0 heterocycles. The molecular formula is C13H18O2. The molecule has 1 aliphatic rings. The molecule has 1 aliphatic carbocycles. The van der Waals surface area contributed by atoms with Gasteiger partial charge in [0.2, 0.25) is 0 Å². The van der Waals surface area contributed by atoms with Gasteiger partial charge in [-0.2, -0.15) is 0 Å². The number of benzene rings is 1. The molecule has 2 rings (SSSR count). The number of methoxy groups -OCH3 is 1. The summed E-state index contributed by atoms with van der Waals surface area (Å²) >= 11 is 0. The molecule has 0 aromatic heterocycles. The van der Waals surface area contributed by atoms with Crippen molar-refractivity contribution < 1.29 is 9.47 Å². The highest BCUT2D eigenvalue weighted by atomic mass is 16.5. The number of hydrogen-bond acceptors (Lipinski definition) is 2. The summed E-state index contributed by atoms with van der Waals surface area (Å²) in [6.07, 6.45) is 4.59. The Morgan fingerprint density at radius 2 is 1.87 bits per heavy atom. The van der Waals surface area contributed by atoms with Gasteiger partial charge >= 0.3 is 0 Å². The van der Waals surface area contributed by atoms with E-state index < -0.39 is 0 Å². The van der Waals surface area contributed by atoms with E-state index in [4.69, 9.17) is 9.47 Å². The van der Waals surface area contributed by atoms with Crippen LogP contribution in [0.1, 0.15) is 24.0 Å². The lowest BCUT2D eigenvalue weighted by atomic mass is 9.89. The number of fused-ring (bicyclic) bond motifs is 1. The van der Waals surface area contributed by atoms with Crippen molar-refractivity contribution in [1.29, 1.82) is 0 Å². The monoisotopic (exact) mass is 206 g/mol. The van der Waals surface area contributed by atoms with Gasteiger partial charge in [0.25, 0.3) is 0 Å². The van der Waals surface area contributed by atoms with Gasteiger partial charge in [-0.25, -0.2) is 0 Å². The van der Waals surface area contributed by atoms with Crippen LogP contribution in [0.3, 0.4) is 0 Å². The summed E-state index contributed by atoms with van der Waals surface area (Å²) < 4.78 is 10.6. The van der Waals surface area contributed by atoms with E-state index in [-0.39, 0.29) is 0 Å². The van der Waals surface area contributed by atoms with Crippen molar-refractivity contribution in [1.82, 2.24) is 0 Å². The first-order chi connectivity index (χ1) is 7.40. The highest BCUT2D eigenvalue weighted by Crippen LogP contribution is 2.26. The molecule has 0 saturated heterocycles. The Bertz CT molecular complexity index is 320. The topological polar surface area (TPSA) is 18.5 Å². The van der Waals surface area contributed by atoms with Gasteiger partial charge in [-0.05, 0) is 48.9 Å². The number of rotatable bonds is 6. The lowest BCUT2D eigenvalue weighted by Crippen LogP contribution is -2.08. The first-order valence-corrected chi connectivity index (χ1v) is 5.63. The summed E-state index contributed by atoms with van der Waals surface area (Å²) in [7, 11) is 1.73. The second-order valence-electron chi connectivity index (χ2n) is 3.98. The Balaban J connectivity index is 1.72. The third kappa shape index (κ3) is 2.72.